The normalized spacial score (nSPS) is 17.6. The molecule has 1 saturated heterocycles. The van der Waals surface area contributed by atoms with Gasteiger partial charge in [-0.2, -0.15) is 0 Å². The molecule has 4 rings (SSSR count). The second kappa shape index (κ2) is 16.1. The maximum absolute atomic E-state index is 13.6. The van der Waals surface area contributed by atoms with Gasteiger partial charge >= 0.3 is 0 Å². The first-order valence-electron chi connectivity index (χ1n) is 15.8. The van der Waals surface area contributed by atoms with Gasteiger partial charge in [0, 0.05) is 12.2 Å². The zero-order valence-electron chi connectivity index (χ0n) is 26.2. The Balaban J connectivity index is 1.44. The van der Waals surface area contributed by atoms with E-state index in [0.717, 1.165) is 41.5 Å². The van der Waals surface area contributed by atoms with Gasteiger partial charge < -0.3 is 25.3 Å². The molecule has 0 saturated carbocycles. The first-order chi connectivity index (χ1) is 21.9. The third-order valence-electron chi connectivity index (χ3n) is 8.71. The summed E-state index contributed by atoms with van der Waals surface area (Å²) in [6.07, 6.45) is 4.92. The van der Waals surface area contributed by atoms with Gasteiger partial charge in [-0.05, 0) is 91.5 Å². The van der Waals surface area contributed by atoms with Gasteiger partial charge in [-0.25, -0.2) is 17.5 Å². The van der Waals surface area contributed by atoms with Gasteiger partial charge in [0.15, 0.2) is 0 Å². The minimum absolute atomic E-state index is 0.0364. The van der Waals surface area contributed by atoms with Crippen LogP contribution < -0.4 is 9.62 Å². The third-order valence-corrected chi connectivity index (χ3v) is 9.44. The summed E-state index contributed by atoms with van der Waals surface area (Å²) in [5.41, 5.74) is 2.99. The van der Waals surface area contributed by atoms with E-state index in [1.807, 2.05) is 48.5 Å². The van der Waals surface area contributed by atoms with Gasteiger partial charge in [-0.15, -0.1) is 0 Å². The highest BCUT2D eigenvalue weighted by Crippen LogP contribution is 2.46. The number of anilines is 1. The quantitative estimate of drug-likeness (QED) is 0.103. The van der Waals surface area contributed by atoms with E-state index in [2.05, 4.69) is 4.72 Å². The number of hydrogen-bond acceptors (Lipinski definition) is 7. The van der Waals surface area contributed by atoms with Gasteiger partial charge in [-0.3, -0.25) is 4.79 Å². The van der Waals surface area contributed by atoms with Crippen molar-refractivity contribution in [3.05, 3.63) is 101 Å². The van der Waals surface area contributed by atoms with Crippen molar-refractivity contribution in [2.45, 2.75) is 69.1 Å². The molecule has 0 aromatic heterocycles. The maximum Gasteiger partial charge on any atom is 0.233 e. The Kier molecular flexibility index (Phi) is 12.5. The number of benzene rings is 3. The monoisotopic (exact) mass is 656 g/mol. The van der Waals surface area contributed by atoms with E-state index in [1.54, 1.807) is 17.0 Å². The van der Waals surface area contributed by atoms with Crippen LogP contribution in [0.2, 0.25) is 0 Å². The molecule has 1 amide bonds. The summed E-state index contributed by atoms with van der Waals surface area (Å²) in [5, 5.41) is 39.4. The fourth-order valence-corrected chi connectivity index (χ4v) is 6.45. The summed E-state index contributed by atoms with van der Waals surface area (Å²) in [7, 11) is -3.23. The molecule has 0 spiro atoms. The minimum atomic E-state index is -3.23. The van der Waals surface area contributed by atoms with Gasteiger partial charge in [0.1, 0.15) is 11.4 Å². The predicted octanol–water partition coefficient (Wildman–Crippen LogP) is 3.95. The average Bonchev–Trinajstić information content (AvgIpc) is 3.04. The Hall–Kier alpha value is -3.19. The highest BCUT2D eigenvalue weighted by Gasteiger charge is 2.48. The number of hydrogen-bond donors (Lipinski definition) is 5. The first-order valence-corrected chi connectivity index (χ1v) is 17.7. The molecule has 46 heavy (non-hydrogen) atoms. The summed E-state index contributed by atoms with van der Waals surface area (Å²) < 4.78 is 38.5. The molecule has 3 atom stereocenters. The number of amides is 1. The van der Waals surface area contributed by atoms with Crippen molar-refractivity contribution in [2.24, 2.45) is 5.92 Å². The van der Waals surface area contributed by atoms with Crippen LogP contribution in [0, 0.1) is 11.7 Å². The lowest BCUT2D eigenvalue weighted by Gasteiger charge is -2.48. The maximum atomic E-state index is 13.6. The summed E-state index contributed by atoms with van der Waals surface area (Å²) in [4.78, 5) is 15.4. The molecule has 1 aliphatic heterocycles. The number of β-lactam (4-membered cyclic amide) rings is 1. The second-order valence-electron chi connectivity index (χ2n) is 12.3. The van der Waals surface area contributed by atoms with E-state index < -0.39 is 34.9 Å². The van der Waals surface area contributed by atoms with Crippen molar-refractivity contribution in [1.82, 2.24) is 4.72 Å². The van der Waals surface area contributed by atoms with E-state index >= 15 is 0 Å². The molecule has 5 N–H and O–H groups in total. The number of rotatable bonds is 18. The van der Waals surface area contributed by atoms with Crippen molar-refractivity contribution in [1.29, 1.82) is 0 Å². The van der Waals surface area contributed by atoms with Crippen molar-refractivity contribution in [2.75, 3.05) is 30.9 Å². The number of carbonyl (C=O) groups excluding carboxylic acids is 1. The largest absolute Gasteiger partial charge is 0.393 e. The number of nitrogens with one attached hydrogen (secondary N) is 1. The molecule has 11 heteroatoms. The average molecular weight is 657 g/mol. The second-order valence-corrected chi connectivity index (χ2v) is 14.2. The van der Waals surface area contributed by atoms with Crippen LogP contribution in [0.15, 0.2) is 72.8 Å². The molecule has 1 fully saturated rings. The highest BCUT2D eigenvalue weighted by atomic mass is 32.2. The lowest BCUT2D eigenvalue weighted by Crippen LogP contribution is -2.55. The molecule has 1 heterocycles. The van der Waals surface area contributed by atoms with Crippen LogP contribution in [0.25, 0.3) is 0 Å². The number of halogens is 1. The van der Waals surface area contributed by atoms with E-state index in [4.69, 9.17) is 0 Å². The number of aliphatic hydroxyl groups is 4. The number of carbonyl (C=O) groups is 1. The molecule has 0 aliphatic carbocycles. The van der Waals surface area contributed by atoms with E-state index in [0.29, 0.717) is 50.6 Å². The topological polar surface area (TPSA) is 147 Å². The third kappa shape index (κ3) is 9.66. The Morgan fingerprint density at radius 3 is 2.07 bits per heavy atom. The summed E-state index contributed by atoms with van der Waals surface area (Å²) >= 11 is 0. The van der Waals surface area contributed by atoms with E-state index in [-0.39, 0.29) is 23.7 Å². The van der Waals surface area contributed by atoms with Crippen molar-refractivity contribution >= 4 is 21.6 Å². The minimum Gasteiger partial charge on any atom is -0.393 e. The van der Waals surface area contributed by atoms with E-state index in [1.165, 1.54) is 12.1 Å². The standard InChI is InChI=1S/C35H45FN2O7S/c1-46(44,45)37-22-4-6-26-9-17-30(18-10-26)38-33(31(34(38)42)19-20-32(41)27-13-15-29(36)16-14-27)28-11-7-25(8-12-28)5-2-3-21-35(43,23-39)24-40/h7-18,31-33,37,39-41,43H,2-6,19-24H2,1H3/t31?,32-,33+/m0/s1. The predicted molar refractivity (Wildman–Crippen MR) is 175 cm³/mol. The van der Waals surface area contributed by atoms with Crippen molar-refractivity contribution in [3.8, 4) is 0 Å². The van der Waals surface area contributed by atoms with Crippen LogP contribution in [-0.2, 0) is 27.7 Å². The Labute approximate surface area is 270 Å². The highest BCUT2D eigenvalue weighted by molar-refractivity contribution is 7.88. The van der Waals surface area contributed by atoms with Crippen molar-refractivity contribution in [3.63, 3.8) is 0 Å². The molecular formula is C35H45FN2O7S. The molecule has 1 aliphatic rings. The zero-order chi connectivity index (χ0) is 33.3. The smallest absolute Gasteiger partial charge is 0.233 e. The lowest BCUT2D eigenvalue weighted by atomic mass is 9.78. The molecule has 0 radical (unpaired) electrons. The Bertz CT molecular complexity index is 1510. The van der Waals surface area contributed by atoms with Crippen LogP contribution >= 0.6 is 0 Å². The Morgan fingerprint density at radius 1 is 0.891 bits per heavy atom. The summed E-state index contributed by atoms with van der Waals surface area (Å²) in [5.74, 6) is -0.763. The van der Waals surface area contributed by atoms with Gasteiger partial charge in [0.2, 0.25) is 15.9 Å². The first kappa shape index (κ1) is 35.7. The lowest BCUT2D eigenvalue weighted by molar-refractivity contribution is -0.131. The molecule has 250 valence electrons. The molecule has 0 bridgehead atoms. The number of unbranched alkanes of at least 4 members (excludes halogenated alkanes) is 1. The number of aryl methyl sites for hydroxylation is 2. The van der Waals surface area contributed by atoms with Crippen LogP contribution in [0.4, 0.5) is 10.1 Å². The van der Waals surface area contributed by atoms with E-state index in [9.17, 15) is 38.0 Å². The molecular weight excluding hydrogens is 611 g/mol. The molecule has 1 unspecified atom stereocenters. The van der Waals surface area contributed by atoms with Crippen LogP contribution in [0.5, 0.6) is 0 Å². The summed E-state index contributed by atoms with van der Waals surface area (Å²) in [6, 6.07) is 21.3. The van der Waals surface area contributed by atoms with Gasteiger partial charge in [0.05, 0.1) is 37.5 Å². The van der Waals surface area contributed by atoms with Crippen molar-refractivity contribution < 1.29 is 38.0 Å². The summed E-state index contributed by atoms with van der Waals surface area (Å²) in [6.45, 7) is -0.618. The number of aliphatic hydroxyl groups excluding tert-OH is 3. The SMILES string of the molecule is CS(=O)(=O)NCCCc1ccc(N2C(=O)C(CC[C@H](O)c3ccc(F)cc3)[C@H]2c2ccc(CCCCC(O)(CO)CO)cc2)cc1. The van der Waals surface area contributed by atoms with Gasteiger partial charge in [-0.1, -0.05) is 55.0 Å². The fourth-order valence-electron chi connectivity index (χ4n) is 5.93. The fraction of sp³-hybridized carbons (Fsp3) is 0.457. The van der Waals surface area contributed by atoms with Crippen LogP contribution in [0.3, 0.4) is 0 Å². The van der Waals surface area contributed by atoms with Crippen LogP contribution in [0.1, 0.15) is 72.9 Å². The van der Waals surface area contributed by atoms with Crippen LogP contribution in [-0.4, -0.2) is 66.4 Å². The molecule has 3 aromatic rings. The Morgan fingerprint density at radius 2 is 1.48 bits per heavy atom. The number of sulfonamides is 1. The zero-order valence-corrected chi connectivity index (χ0v) is 27.0. The molecule has 3 aromatic carbocycles. The van der Waals surface area contributed by atoms with Gasteiger partial charge in [0.25, 0.3) is 0 Å². The number of nitrogens with zero attached hydrogens (tertiary/aromatic N) is 1. The molecule has 9 nitrogen and oxygen atoms in total.